The maximum absolute atomic E-state index is 12.8. The number of alkyl halides is 3. The van der Waals surface area contributed by atoms with Crippen molar-refractivity contribution in [3.8, 4) is 0 Å². The number of aromatic nitrogens is 3. The first kappa shape index (κ1) is 20.2. The van der Waals surface area contributed by atoms with E-state index in [1.165, 1.54) is 35.3 Å². The third-order valence-electron chi connectivity index (χ3n) is 3.68. The average Bonchev–Trinajstić information content (AvgIpc) is 3.08. The summed E-state index contributed by atoms with van der Waals surface area (Å²) in [5.41, 5.74) is -0.0224. The molecule has 150 valence electrons. The van der Waals surface area contributed by atoms with E-state index in [0.717, 1.165) is 12.1 Å². The summed E-state index contributed by atoms with van der Waals surface area (Å²) < 4.78 is 39.8. The average molecular weight is 422 g/mol. The fourth-order valence-electron chi connectivity index (χ4n) is 2.42. The second kappa shape index (κ2) is 8.22. The lowest BCUT2D eigenvalue weighted by atomic mass is 10.1. The van der Waals surface area contributed by atoms with Crippen molar-refractivity contribution in [1.29, 1.82) is 0 Å². The lowest BCUT2D eigenvalue weighted by Crippen LogP contribution is -2.20. The van der Waals surface area contributed by atoms with Crippen molar-refractivity contribution in [2.24, 2.45) is 0 Å². The molecule has 1 aromatic heterocycles. The topological polar surface area (TPSA) is 97.9 Å². The maximum atomic E-state index is 12.8. The second-order valence-electron chi connectivity index (χ2n) is 5.85. The van der Waals surface area contributed by atoms with Crippen molar-refractivity contribution < 1.29 is 18.1 Å². The van der Waals surface area contributed by atoms with Gasteiger partial charge in [-0.3, -0.25) is 15.4 Å². The van der Waals surface area contributed by atoms with E-state index in [0.29, 0.717) is 11.3 Å². The standard InChI is InChI=1S/C17H13F3N6O2S/c18-17(19,20)12-4-1-3-11(7-12)9-25-10-21-15(24-25)23-16(29)22-13-5-2-6-14(8-13)26(27)28/h1-8,10H,9H2,(H2,22,23,24,29). The zero-order valence-corrected chi connectivity index (χ0v) is 15.4. The van der Waals surface area contributed by atoms with Crippen LogP contribution in [-0.4, -0.2) is 24.8 Å². The molecule has 0 bridgehead atoms. The molecule has 2 aromatic carbocycles. The number of non-ortho nitro benzene ring substituents is 1. The fraction of sp³-hybridized carbons (Fsp3) is 0.118. The Balaban J connectivity index is 1.62. The van der Waals surface area contributed by atoms with Crippen LogP contribution < -0.4 is 10.6 Å². The number of halogens is 3. The molecule has 0 atom stereocenters. The lowest BCUT2D eigenvalue weighted by molar-refractivity contribution is -0.384. The smallest absolute Gasteiger partial charge is 0.332 e. The molecule has 0 spiro atoms. The number of rotatable bonds is 5. The van der Waals surface area contributed by atoms with Crippen LogP contribution in [0.5, 0.6) is 0 Å². The Morgan fingerprint density at radius 1 is 1.17 bits per heavy atom. The summed E-state index contributed by atoms with van der Waals surface area (Å²) in [6.45, 7) is 0.0870. The molecule has 3 aromatic rings. The van der Waals surface area contributed by atoms with Gasteiger partial charge in [0.05, 0.1) is 17.0 Å². The molecule has 0 aliphatic rings. The molecule has 3 rings (SSSR count). The van der Waals surface area contributed by atoms with Crippen LogP contribution in [0.25, 0.3) is 0 Å². The van der Waals surface area contributed by atoms with Crippen LogP contribution in [-0.2, 0) is 12.7 Å². The molecule has 2 N–H and O–H groups in total. The summed E-state index contributed by atoms with van der Waals surface area (Å²) in [6, 6.07) is 10.7. The lowest BCUT2D eigenvalue weighted by Gasteiger charge is -2.09. The minimum absolute atomic E-state index is 0.0870. The molecule has 0 aliphatic carbocycles. The van der Waals surface area contributed by atoms with Gasteiger partial charge < -0.3 is 5.32 Å². The Morgan fingerprint density at radius 2 is 1.93 bits per heavy atom. The molecule has 0 unspecified atom stereocenters. The molecule has 0 aliphatic heterocycles. The zero-order valence-electron chi connectivity index (χ0n) is 14.6. The third-order valence-corrected chi connectivity index (χ3v) is 3.88. The first-order valence-electron chi connectivity index (χ1n) is 8.09. The monoisotopic (exact) mass is 422 g/mol. The van der Waals surface area contributed by atoms with Crippen molar-refractivity contribution in [1.82, 2.24) is 14.8 Å². The summed E-state index contributed by atoms with van der Waals surface area (Å²) in [6.07, 6.45) is -3.08. The predicted octanol–water partition coefficient (Wildman–Crippen LogP) is 4.06. The summed E-state index contributed by atoms with van der Waals surface area (Å²) in [5.74, 6) is 0.125. The van der Waals surface area contributed by atoms with Crippen LogP contribution in [0.4, 0.5) is 30.5 Å². The molecular weight excluding hydrogens is 409 g/mol. The molecule has 0 amide bonds. The van der Waals surface area contributed by atoms with Gasteiger partial charge in [0.15, 0.2) is 5.11 Å². The van der Waals surface area contributed by atoms with Crippen molar-refractivity contribution in [2.45, 2.75) is 12.7 Å². The van der Waals surface area contributed by atoms with Gasteiger partial charge in [0, 0.05) is 17.8 Å². The van der Waals surface area contributed by atoms with E-state index in [1.807, 2.05) is 0 Å². The molecule has 29 heavy (non-hydrogen) atoms. The summed E-state index contributed by atoms with van der Waals surface area (Å²) in [4.78, 5) is 14.3. The Hall–Kier alpha value is -3.54. The van der Waals surface area contributed by atoms with Gasteiger partial charge >= 0.3 is 6.18 Å². The summed E-state index contributed by atoms with van der Waals surface area (Å²) in [5, 5.41) is 20.5. The van der Waals surface area contributed by atoms with Crippen molar-refractivity contribution in [3.63, 3.8) is 0 Å². The highest BCUT2D eigenvalue weighted by Crippen LogP contribution is 2.29. The van der Waals surface area contributed by atoms with Gasteiger partial charge in [-0.05, 0) is 36.0 Å². The van der Waals surface area contributed by atoms with Crippen LogP contribution in [0.15, 0.2) is 54.9 Å². The zero-order chi connectivity index (χ0) is 21.0. The van der Waals surface area contributed by atoms with Gasteiger partial charge in [-0.15, -0.1) is 5.10 Å². The molecule has 12 heteroatoms. The van der Waals surface area contributed by atoms with E-state index < -0.39 is 16.7 Å². The fourth-order valence-corrected chi connectivity index (χ4v) is 2.63. The Morgan fingerprint density at radius 3 is 2.66 bits per heavy atom. The first-order chi connectivity index (χ1) is 13.7. The van der Waals surface area contributed by atoms with Gasteiger partial charge in [-0.2, -0.15) is 13.2 Å². The minimum Gasteiger partial charge on any atom is -0.332 e. The number of thiocarbonyl (C=S) groups is 1. The maximum Gasteiger partial charge on any atom is 0.416 e. The Kier molecular flexibility index (Phi) is 5.73. The van der Waals surface area contributed by atoms with Gasteiger partial charge in [0.25, 0.3) is 5.69 Å². The molecule has 0 fully saturated rings. The van der Waals surface area contributed by atoms with E-state index in [1.54, 1.807) is 12.1 Å². The minimum atomic E-state index is -4.42. The quantitative estimate of drug-likeness (QED) is 0.363. The number of anilines is 2. The van der Waals surface area contributed by atoms with Crippen molar-refractivity contribution in [3.05, 3.63) is 76.1 Å². The van der Waals surface area contributed by atoms with Crippen LogP contribution in [0.1, 0.15) is 11.1 Å². The Labute approximate surface area is 167 Å². The van der Waals surface area contributed by atoms with Crippen LogP contribution in [0.3, 0.4) is 0 Å². The number of nitro benzene ring substituents is 1. The number of hydrogen-bond acceptors (Lipinski definition) is 5. The van der Waals surface area contributed by atoms with Crippen molar-refractivity contribution in [2.75, 3.05) is 10.6 Å². The van der Waals surface area contributed by atoms with Crippen LogP contribution in [0.2, 0.25) is 0 Å². The number of nitrogens with zero attached hydrogens (tertiary/aromatic N) is 4. The van der Waals surface area contributed by atoms with Gasteiger partial charge in [0.1, 0.15) is 6.33 Å². The number of nitrogens with one attached hydrogen (secondary N) is 2. The summed E-state index contributed by atoms with van der Waals surface area (Å²) >= 11 is 5.12. The van der Waals surface area contributed by atoms with Crippen LogP contribution >= 0.6 is 12.2 Å². The van der Waals surface area contributed by atoms with E-state index in [4.69, 9.17) is 12.2 Å². The highest BCUT2D eigenvalue weighted by Gasteiger charge is 2.30. The van der Waals surface area contributed by atoms with E-state index in [2.05, 4.69) is 20.7 Å². The van der Waals surface area contributed by atoms with Gasteiger partial charge in [-0.25, -0.2) is 9.67 Å². The van der Waals surface area contributed by atoms with E-state index in [-0.39, 0.29) is 23.3 Å². The molecule has 0 saturated carbocycles. The molecule has 1 heterocycles. The first-order valence-corrected chi connectivity index (χ1v) is 8.49. The molecule has 0 radical (unpaired) electrons. The highest BCUT2D eigenvalue weighted by molar-refractivity contribution is 7.80. The normalized spacial score (nSPS) is 11.1. The number of benzene rings is 2. The number of hydrogen-bond donors (Lipinski definition) is 2. The van der Waals surface area contributed by atoms with E-state index >= 15 is 0 Å². The molecule has 8 nitrogen and oxygen atoms in total. The van der Waals surface area contributed by atoms with Crippen LogP contribution in [0, 0.1) is 10.1 Å². The largest absolute Gasteiger partial charge is 0.416 e. The summed E-state index contributed by atoms with van der Waals surface area (Å²) in [7, 11) is 0. The highest BCUT2D eigenvalue weighted by atomic mass is 32.1. The van der Waals surface area contributed by atoms with Gasteiger partial charge in [0.2, 0.25) is 5.95 Å². The van der Waals surface area contributed by atoms with Crippen molar-refractivity contribution >= 4 is 34.7 Å². The number of nitro groups is 1. The van der Waals surface area contributed by atoms with Gasteiger partial charge in [-0.1, -0.05) is 18.2 Å². The molecular formula is C17H13F3N6O2S. The third kappa shape index (κ3) is 5.48. The van der Waals surface area contributed by atoms with E-state index in [9.17, 15) is 23.3 Å². The predicted molar refractivity (Wildman–Crippen MR) is 104 cm³/mol. The molecule has 0 saturated heterocycles. The SMILES string of the molecule is O=[N+]([O-])c1cccc(NC(=S)Nc2ncn(Cc3cccc(C(F)(F)F)c3)n2)c1. The second-order valence-corrected chi connectivity index (χ2v) is 6.26. The Bertz CT molecular complexity index is 1050.